The lowest BCUT2D eigenvalue weighted by atomic mass is 10.1. The molecule has 2 aromatic carbocycles. The van der Waals surface area contributed by atoms with Gasteiger partial charge in [0.25, 0.3) is 5.91 Å². The Hall–Kier alpha value is -2.31. The number of carbonyl (C=O) groups is 1. The van der Waals surface area contributed by atoms with E-state index in [-0.39, 0.29) is 11.9 Å². The third-order valence-corrected chi connectivity index (χ3v) is 5.45. The number of nitrogens with one attached hydrogen (secondary N) is 2. The second kappa shape index (κ2) is 7.74. The van der Waals surface area contributed by atoms with Crippen LogP contribution in [0.25, 0.3) is 11.3 Å². The second-order valence-electron chi connectivity index (χ2n) is 6.56. The highest BCUT2D eigenvalue weighted by molar-refractivity contribution is 9.10. The molecular weight excluding hydrogens is 428 g/mol. The number of amides is 1. The highest BCUT2D eigenvalue weighted by Gasteiger charge is 2.26. The number of hydrogen-bond donors (Lipinski definition) is 2. The van der Waals surface area contributed by atoms with Crippen LogP contribution in [0, 0.1) is 0 Å². The SMILES string of the molecule is O=C(N[C@@H]1CCN(c2cc(-c3ccc(Cl)cc3)[nH]n2)C1)c1ccc(Br)cc1. The van der Waals surface area contributed by atoms with Crippen LogP contribution >= 0.6 is 27.5 Å². The van der Waals surface area contributed by atoms with Gasteiger partial charge in [0, 0.05) is 40.3 Å². The standard InChI is InChI=1S/C20H18BrClN4O/c21-15-5-1-14(2-6-15)20(27)23-17-9-10-26(12-17)19-11-18(24-25-19)13-3-7-16(22)8-4-13/h1-8,11,17H,9-10,12H2,(H,23,27)(H,24,25)/t17-/m1/s1. The molecule has 5 nitrogen and oxygen atoms in total. The molecule has 1 aromatic heterocycles. The molecule has 3 aromatic rings. The largest absolute Gasteiger partial charge is 0.353 e. The maximum absolute atomic E-state index is 12.4. The van der Waals surface area contributed by atoms with E-state index in [1.54, 1.807) is 0 Å². The van der Waals surface area contributed by atoms with E-state index >= 15 is 0 Å². The van der Waals surface area contributed by atoms with Gasteiger partial charge in [-0.1, -0.05) is 39.7 Å². The fourth-order valence-corrected chi connectivity index (χ4v) is 3.60. The molecule has 1 amide bonds. The summed E-state index contributed by atoms with van der Waals surface area (Å²) < 4.78 is 0.959. The predicted molar refractivity (Wildman–Crippen MR) is 111 cm³/mol. The first-order valence-corrected chi connectivity index (χ1v) is 9.88. The molecule has 0 saturated carbocycles. The lowest BCUT2D eigenvalue weighted by Gasteiger charge is -2.16. The minimum absolute atomic E-state index is 0.0433. The van der Waals surface area contributed by atoms with Crippen molar-refractivity contribution in [3.8, 4) is 11.3 Å². The summed E-state index contributed by atoms with van der Waals surface area (Å²) in [7, 11) is 0. The average molecular weight is 446 g/mol. The molecule has 138 valence electrons. The van der Waals surface area contributed by atoms with Crippen molar-refractivity contribution in [2.75, 3.05) is 18.0 Å². The molecular formula is C20H18BrClN4O. The van der Waals surface area contributed by atoms with Crippen LogP contribution in [-0.4, -0.2) is 35.2 Å². The highest BCUT2D eigenvalue weighted by Crippen LogP contribution is 2.25. The third-order valence-electron chi connectivity index (χ3n) is 4.67. The summed E-state index contributed by atoms with van der Waals surface area (Å²) in [5.41, 5.74) is 2.66. The van der Waals surface area contributed by atoms with Gasteiger partial charge in [0.2, 0.25) is 0 Å². The normalized spacial score (nSPS) is 16.5. The topological polar surface area (TPSA) is 61.0 Å². The van der Waals surface area contributed by atoms with Crippen LogP contribution in [0.3, 0.4) is 0 Å². The van der Waals surface area contributed by atoms with Crippen molar-refractivity contribution < 1.29 is 4.79 Å². The van der Waals surface area contributed by atoms with E-state index in [2.05, 4.69) is 36.3 Å². The molecule has 1 aliphatic heterocycles. The van der Waals surface area contributed by atoms with Crippen molar-refractivity contribution in [3.63, 3.8) is 0 Å². The lowest BCUT2D eigenvalue weighted by molar-refractivity contribution is 0.0940. The van der Waals surface area contributed by atoms with E-state index in [0.717, 1.165) is 41.1 Å². The van der Waals surface area contributed by atoms with Crippen LogP contribution in [0.5, 0.6) is 0 Å². The van der Waals surface area contributed by atoms with Crippen molar-refractivity contribution >= 4 is 39.3 Å². The Bertz CT molecular complexity index is 939. The molecule has 0 spiro atoms. The fraction of sp³-hybridized carbons (Fsp3) is 0.200. The van der Waals surface area contributed by atoms with E-state index in [9.17, 15) is 4.79 Å². The monoisotopic (exact) mass is 444 g/mol. The zero-order valence-electron chi connectivity index (χ0n) is 14.5. The maximum Gasteiger partial charge on any atom is 0.251 e. The number of anilines is 1. The minimum atomic E-state index is -0.0433. The van der Waals surface area contributed by atoms with Crippen LogP contribution in [0.4, 0.5) is 5.82 Å². The number of nitrogens with zero attached hydrogens (tertiary/aromatic N) is 2. The quantitative estimate of drug-likeness (QED) is 0.621. The van der Waals surface area contributed by atoms with E-state index < -0.39 is 0 Å². The van der Waals surface area contributed by atoms with Crippen molar-refractivity contribution in [3.05, 3.63) is 69.7 Å². The Morgan fingerprint density at radius 1 is 1.19 bits per heavy atom. The van der Waals surface area contributed by atoms with Gasteiger partial charge < -0.3 is 10.2 Å². The van der Waals surface area contributed by atoms with E-state index in [1.807, 2.05) is 54.6 Å². The number of hydrogen-bond acceptors (Lipinski definition) is 3. The Morgan fingerprint density at radius 2 is 1.93 bits per heavy atom. The molecule has 0 bridgehead atoms. The molecule has 1 aliphatic rings. The predicted octanol–water partition coefficient (Wildman–Crippen LogP) is 4.50. The first-order chi connectivity index (χ1) is 13.1. The number of carbonyl (C=O) groups excluding carboxylic acids is 1. The minimum Gasteiger partial charge on any atom is -0.353 e. The van der Waals surface area contributed by atoms with E-state index in [4.69, 9.17) is 11.6 Å². The summed E-state index contributed by atoms with van der Waals surface area (Å²) >= 11 is 9.33. The van der Waals surface area contributed by atoms with Gasteiger partial charge in [-0.15, -0.1) is 0 Å². The Balaban J connectivity index is 1.39. The summed E-state index contributed by atoms with van der Waals surface area (Å²) in [6.45, 7) is 1.60. The molecule has 0 aliphatic carbocycles. The molecule has 0 unspecified atom stereocenters. The Labute approximate surface area is 170 Å². The van der Waals surface area contributed by atoms with Gasteiger partial charge in [0.1, 0.15) is 0 Å². The zero-order valence-corrected chi connectivity index (χ0v) is 16.8. The number of aromatic amines is 1. The Morgan fingerprint density at radius 3 is 2.67 bits per heavy atom. The van der Waals surface area contributed by atoms with E-state index in [1.165, 1.54) is 0 Å². The molecule has 27 heavy (non-hydrogen) atoms. The van der Waals surface area contributed by atoms with Gasteiger partial charge in [-0.05, 0) is 48.4 Å². The van der Waals surface area contributed by atoms with Gasteiger partial charge in [0.05, 0.1) is 5.69 Å². The number of rotatable bonds is 4. The number of H-pyrrole nitrogens is 1. The molecule has 2 N–H and O–H groups in total. The summed E-state index contributed by atoms with van der Waals surface area (Å²) in [4.78, 5) is 14.6. The average Bonchev–Trinajstić information content (AvgIpc) is 3.32. The summed E-state index contributed by atoms with van der Waals surface area (Å²) in [6, 6.07) is 17.2. The second-order valence-corrected chi connectivity index (χ2v) is 7.91. The van der Waals surface area contributed by atoms with Crippen LogP contribution in [0.1, 0.15) is 16.8 Å². The molecule has 1 atom stereocenters. The van der Waals surface area contributed by atoms with Crippen molar-refractivity contribution in [1.29, 1.82) is 0 Å². The summed E-state index contributed by atoms with van der Waals surface area (Å²) in [5, 5.41) is 11.3. The third kappa shape index (κ3) is 4.17. The molecule has 7 heteroatoms. The molecule has 0 radical (unpaired) electrons. The van der Waals surface area contributed by atoms with Crippen molar-refractivity contribution in [2.45, 2.75) is 12.5 Å². The summed E-state index contributed by atoms with van der Waals surface area (Å²) in [6.07, 6.45) is 0.894. The maximum atomic E-state index is 12.4. The fourth-order valence-electron chi connectivity index (χ4n) is 3.21. The van der Waals surface area contributed by atoms with Crippen molar-refractivity contribution in [1.82, 2.24) is 15.5 Å². The van der Waals surface area contributed by atoms with Crippen LogP contribution in [-0.2, 0) is 0 Å². The first kappa shape index (κ1) is 18.1. The molecule has 1 fully saturated rings. The van der Waals surface area contributed by atoms with Crippen LogP contribution in [0.2, 0.25) is 5.02 Å². The van der Waals surface area contributed by atoms with Gasteiger partial charge in [-0.25, -0.2) is 0 Å². The molecule has 2 heterocycles. The van der Waals surface area contributed by atoms with Gasteiger partial charge in [0.15, 0.2) is 5.82 Å². The van der Waals surface area contributed by atoms with Crippen LogP contribution in [0.15, 0.2) is 59.1 Å². The zero-order chi connectivity index (χ0) is 18.8. The molecule has 4 rings (SSSR count). The van der Waals surface area contributed by atoms with E-state index in [0.29, 0.717) is 10.6 Å². The van der Waals surface area contributed by atoms with Gasteiger partial charge in [-0.2, -0.15) is 5.10 Å². The number of aromatic nitrogens is 2. The van der Waals surface area contributed by atoms with Gasteiger partial charge >= 0.3 is 0 Å². The van der Waals surface area contributed by atoms with Crippen LogP contribution < -0.4 is 10.2 Å². The van der Waals surface area contributed by atoms with Crippen molar-refractivity contribution in [2.24, 2.45) is 0 Å². The summed E-state index contributed by atoms with van der Waals surface area (Å²) in [5.74, 6) is 0.846. The molecule has 1 saturated heterocycles. The Kier molecular flexibility index (Phi) is 5.18. The first-order valence-electron chi connectivity index (χ1n) is 8.71. The highest BCUT2D eigenvalue weighted by atomic mass is 79.9. The smallest absolute Gasteiger partial charge is 0.251 e. The number of benzene rings is 2. The lowest BCUT2D eigenvalue weighted by Crippen LogP contribution is -2.37. The van der Waals surface area contributed by atoms with Gasteiger partial charge in [-0.3, -0.25) is 9.89 Å². The number of halogens is 2.